The summed E-state index contributed by atoms with van der Waals surface area (Å²) in [5.74, 6) is 0.599. The second-order valence-corrected chi connectivity index (χ2v) is 5.73. The molecule has 0 heterocycles. The van der Waals surface area contributed by atoms with Gasteiger partial charge in [0.1, 0.15) is 0 Å². The van der Waals surface area contributed by atoms with Crippen LogP contribution in [0.5, 0.6) is 0 Å². The van der Waals surface area contributed by atoms with Crippen molar-refractivity contribution in [3.8, 4) is 0 Å². The summed E-state index contributed by atoms with van der Waals surface area (Å²) in [4.78, 5) is 14.1. The first-order valence-electron chi connectivity index (χ1n) is 7.33. The van der Waals surface area contributed by atoms with Crippen LogP contribution in [-0.2, 0) is 9.53 Å². The summed E-state index contributed by atoms with van der Waals surface area (Å²) in [6, 6.07) is -0.390. The lowest BCUT2D eigenvalue weighted by Gasteiger charge is -2.32. The van der Waals surface area contributed by atoms with Gasteiger partial charge in [-0.1, -0.05) is 26.2 Å². The normalized spacial score (nSPS) is 20.0. The van der Waals surface area contributed by atoms with E-state index in [4.69, 9.17) is 16.2 Å². The van der Waals surface area contributed by atoms with Gasteiger partial charge in [0.15, 0.2) is 0 Å². The van der Waals surface area contributed by atoms with Crippen molar-refractivity contribution in [2.45, 2.75) is 45.1 Å². The minimum Gasteiger partial charge on any atom is -0.384 e. The third-order valence-corrected chi connectivity index (χ3v) is 3.96. The molecule has 2 unspecified atom stereocenters. The van der Waals surface area contributed by atoms with Crippen molar-refractivity contribution >= 4 is 5.91 Å². The molecule has 19 heavy (non-hydrogen) atoms. The number of nitrogens with zero attached hydrogens (tertiary/aromatic N) is 1. The molecule has 0 aromatic heterocycles. The van der Waals surface area contributed by atoms with Crippen LogP contribution in [0, 0.1) is 11.8 Å². The summed E-state index contributed by atoms with van der Waals surface area (Å²) in [6.45, 7) is 3.52. The third kappa shape index (κ3) is 5.09. The van der Waals surface area contributed by atoms with E-state index in [-0.39, 0.29) is 18.5 Å². The fourth-order valence-corrected chi connectivity index (χ4v) is 2.87. The summed E-state index contributed by atoms with van der Waals surface area (Å²) in [6.07, 6.45) is 5.78. The molecule has 1 aliphatic rings. The molecule has 0 aromatic rings. The van der Waals surface area contributed by atoms with Crippen LogP contribution in [0.3, 0.4) is 0 Å². The average molecular weight is 271 g/mol. The highest BCUT2D eigenvalue weighted by Gasteiger charge is 2.29. The van der Waals surface area contributed by atoms with Gasteiger partial charge in [0.05, 0.1) is 19.3 Å². The molecule has 1 fully saturated rings. The second-order valence-electron chi connectivity index (χ2n) is 5.73. The Morgan fingerprint density at radius 2 is 2.00 bits per heavy atom. The molecule has 112 valence electrons. The van der Waals surface area contributed by atoms with E-state index in [0.717, 1.165) is 12.8 Å². The van der Waals surface area contributed by atoms with Gasteiger partial charge in [0.25, 0.3) is 0 Å². The molecule has 0 spiro atoms. The highest BCUT2D eigenvalue weighted by molar-refractivity contribution is 5.82. The van der Waals surface area contributed by atoms with E-state index in [0.29, 0.717) is 19.1 Å². The first-order chi connectivity index (χ1) is 9.10. The number of rotatable bonds is 7. The van der Waals surface area contributed by atoms with Crippen LogP contribution in [0.15, 0.2) is 0 Å². The molecule has 0 saturated heterocycles. The van der Waals surface area contributed by atoms with Crippen LogP contribution in [0.25, 0.3) is 0 Å². The lowest BCUT2D eigenvalue weighted by atomic mass is 9.83. The molecule has 5 heteroatoms. The molecule has 1 amide bonds. The summed E-state index contributed by atoms with van der Waals surface area (Å²) in [5, 5.41) is 0. The van der Waals surface area contributed by atoms with E-state index in [2.05, 4.69) is 0 Å². The summed E-state index contributed by atoms with van der Waals surface area (Å²) in [7, 11) is 1.67. The minimum absolute atomic E-state index is 0.00245. The minimum atomic E-state index is -0.390. The Hall–Kier alpha value is -0.650. The monoisotopic (exact) mass is 271 g/mol. The molecule has 1 saturated carbocycles. The standard InChI is InChI=1S/C14H29N3O2/c1-11(9-19-2)8-17(10-15)14(18)13(16)12-6-4-3-5-7-12/h11-13H,3-10,15-16H2,1-2H3. The van der Waals surface area contributed by atoms with Gasteiger partial charge in [0, 0.05) is 13.7 Å². The smallest absolute Gasteiger partial charge is 0.240 e. The largest absolute Gasteiger partial charge is 0.384 e. The molecule has 4 N–H and O–H groups in total. The molecule has 5 nitrogen and oxygen atoms in total. The van der Waals surface area contributed by atoms with Crippen molar-refractivity contribution in [3.63, 3.8) is 0 Å². The zero-order chi connectivity index (χ0) is 14.3. The van der Waals surface area contributed by atoms with E-state index >= 15 is 0 Å². The van der Waals surface area contributed by atoms with Crippen LogP contribution < -0.4 is 11.5 Å². The number of carbonyl (C=O) groups excluding carboxylic acids is 1. The van der Waals surface area contributed by atoms with E-state index < -0.39 is 6.04 Å². The van der Waals surface area contributed by atoms with Gasteiger partial charge in [-0.2, -0.15) is 0 Å². The molecule has 0 bridgehead atoms. The van der Waals surface area contributed by atoms with Crippen molar-refractivity contribution < 1.29 is 9.53 Å². The van der Waals surface area contributed by atoms with Gasteiger partial charge in [-0.05, 0) is 24.7 Å². The number of carbonyl (C=O) groups is 1. The van der Waals surface area contributed by atoms with Gasteiger partial charge < -0.3 is 21.1 Å². The lowest BCUT2D eigenvalue weighted by Crippen LogP contribution is -2.51. The van der Waals surface area contributed by atoms with Crippen molar-refractivity contribution in [3.05, 3.63) is 0 Å². The maximum atomic E-state index is 12.4. The quantitative estimate of drug-likeness (QED) is 0.675. The summed E-state index contributed by atoms with van der Waals surface area (Å²) >= 11 is 0. The Kier molecular flexibility index (Phi) is 7.34. The highest BCUT2D eigenvalue weighted by Crippen LogP contribution is 2.26. The Balaban J connectivity index is 2.51. The molecule has 1 rings (SSSR count). The van der Waals surface area contributed by atoms with Crippen LogP contribution in [-0.4, -0.2) is 43.8 Å². The van der Waals surface area contributed by atoms with Gasteiger partial charge in [-0.25, -0.2) is 0 Å². The van der Waals surface area contributed by atoms with Crippen LogP contribution >= 0.6 is 0 Å². The maximum Gasteiger partial charge on any atom is 0.240 e. The fraction of sp³-hybridized carbons (Fsp3) is 0.929. The molecule has 0 aromatic carbocycles. The second kappa shape index (κ2) is 8.51. The fourth-order valence-electron chi connectivity index (χ4n) is 2.87. The van der Waals surface area contributed by atoms with Gasteiger partial charge in [-0.3, -0.25) is 4.79 Å². The van der Waals surface area contributed by atoms with Gasteiger partial charge in [0.2, 0.25) is 5.91 Å². The molecular formula is C14H29N3O2. The number of nitrogens with two attached hydrogens (primary N) is 2. The predicted molar refractivity (Wildman–Crippen MR) is 76.4 cm³/mol. The predicted octanol–water partition coefficient (Wildman–Crippen LogP) is 0.921. The number of hydrogen-bond donors (Lipinski definition) is 2. The van der Waals surface area contributed by atoms with E-state index in [1.165, 1.54) is 19.3 Å². The number of methoxy groups -OCH3 is 1. The molecular weight excluding hydrogens is 242 g/mol. The van der Waals surface area contributed by atoms with Crippen molar-refractivity contribution in [1.82, 2.24) is 4.90 Å². The van der Waals surface area contributed by atoms with E-state index in [9.17, 15) is 4.79 Å². The Bertz CT molecular complexity index is 267. The van der Waals surface area contributed by atoms with E-state index in [1.54, 1.807) is 12.0 Å². The average Bonchev–Trinajstić information content (AvgIpc) is 2.44. The number of amides is 1. The number of ether oxygens (including phenoxy) is 1. The first kappa shape index (κ1) is 16.4. The van der Waals surface area contributed by atoms with Crippen LogP contribution in [0.1, 0.15) is 39.0 Å². The number of hydrogen-bond acceptors (Lipinski definition) is 4. The molecule has 1 aliphatic carbocycles. The highest BCUT2D eigenvalue weighted by atomic mass is 16.5. The Morgan fingerprint density at radius 1 is 1.37 bits per heavy atom. The van der Waals surface area contributed by atoms with Crippen molar-refractivity contribution in [1.29, 1.82) is 0 Å². The van der Waals surface area contributed by atoms with Gasteiger partial charge >= 0.3 is 0 Å². The van der Waals surface area contributed by atoms with Crippen molar-refractivity contribution in [2.24, 2.45) is 23.3 Å². The molecule has 2 atom stereocenters. The van der Waals surface area contributed by atoms with Gasteiger partial charge in [-0.15, -0.1) is 0 Å². The Morgan fingerprint density at radius 3 is 2.53 bits per heavy atom. The zero-order valence-electron chi connectivity index (χ0n) is 12.3. The zero-order valence-corrected chi connectivity index (χ0v) is 12.3. The maximum absolute atomic E-state index is 12.4. The third-order valence-electron chi connectivity index (χ3n) is 3.96. The SMILES string of the molecule is COCC(C)CN(CN)C(=O)C(N)C1CCCCC1. The molecule has 0 aliphatic heterocycles. The summed E-state index contributed by atoms with van der Waals surface area (Å²) in [5.41, 5.74) is 11.8. The van der Waals surface area contributed by atoms with Crippen LogP contribution in [0.4, 0.5) is 0 Å². The lowest BCUT2D eigenvalue weighted by molar-refractivity contribution is -0.134. The van der Waals surface area contributed by atoms with Crippen LogP contribution in [0.2, 0.25) is 0 Å². The molecule has 0 radical (unpaired) electrons. The first-order valence-corrected chi connectivity index (χ1v) is 7.33. The van der Waals surface area contributed by atoms with E-state index in [1.807, 2.05) is 6.92 Å². The Labute approximate surface area is 116 Å². The summed E-state index contributed by atoms with van der Waals surface area (Å²) < 4.78 is 5.10. The van der Waals surface area contributed by atoms with Crippen molar-refractivity contribution in [2.75, 3.05) is 26.9 Å². The topological polar surface area (TPSA) is 81.6 Å².